The van der Waals surface area contributed by atoms with E-state index in [1.807, 2.05) is 37.3 Å². The van der Waals surface area contributed by atoms with Gasteiger partial charge in [-0.2, -0.15) is 0 Å². The molecule has 0 aliphatic carbocycles. The Morgan fingerprint density at radius 1 is 1.08 bits per heavy atom. The summed E-state index contributed by atoms with van der Waals surface area (Å²) in [4.78, 5) is 38.1. The van der Waals surface area contributed by atoms with Gasteiger partial charge in [0, 0.05) is 36.4 Å². The number of carbonyl (C=O) groups excluding carboxylic acids is 3. The normalized spacial score (nSPS) is 16.4. The van der Waals surface area contributed by atoms with Crippen molar-refractivity contribution in [3.63, 3.8) is 0 Å². The highest BCUT2D eigenvalue weighted by Gasteiger charge is 2.35. The minimum absolute atomic E-state index is 0.0528. The molecule has 2 aromatic carbocycles. The van der Waals surface area contributed by atoms with Gasteiger partial charge in [0.25, 0.3) is 5.91 Å². The molecule has 1 aliphatic heterocycles. The van der Waals surface area contributed by atoms with Crippen molar-refractivity contribution in [1.82, 2.24) is 5.32 Å². The zero-order chi connectivity index (χ0) is 18.5. The van der Waals surface area contributed by atoms with Crippen molar-refractivity contribution in [3.05, 3.63) is 60.2 Å². The highest BCUT2D eigenvalue weighted by atomic mass is 16.2. The number of para-hydroxylation sites is 1. The van der Waals surface area contributed by atoms with Crippen LogP contribution in [0.25, 0.3) is 0 Å². The van der Waals surface area contributed by atoms with Crippen molar-refractivity contribution in [3.8, 4) is 0 Å². The minimum Gasteiger partial charge on any atom is -0.352 e. The molecular weight excluding hydrogens is 330 g/mol. The topological polar surface area (TPSA) is 78.5 Å². The van der Waals surface area contributed by atoms with Crippen LogP contribution in [0.2, 0.25) is 0 Å². The third-order valence-electron chi connectivity index (χ3n) is 4.32. The Morgan fingerprint density at radius 2 is 1.77 bits per heavy atom. The van der Waals surface area contributed by atoms with E-state index in [2.05, 4.69) is 10.6 Å². The summed E-state index contributed by atoms with van der Waals surface area (Å²) < 4.78 is 0. The van der Waals surface area contributed by atoms with Gasteiger partial charge in [0.2, 0.25) is 11.8 Å². The first kappa shape index (κ1) is 17.7. The average Bonchev–Trinajstić information content (AvgIpc) is 3.05. The molecule has 26 heavy (non-hydrogen) atoms. The molecule has 3 amide bonds. The molecule has 1 fully saturated rings. The molecule has 3 rings (SSSR count). The van der Waals surface area contributed by atoms with Crippen LogP contribution in [-0.2, 0) is 9.59 Å². The SMILES string of the molecule is CCNC(=O)c1ccc(NC(=O)C2CC(=O)N(c3ccccc3)C2)cc1. The van der Waals surface area contributed by atoms with Gasteiger partial charge in [0.05, 0.1) is 5.92 Å². The number of rotatable bonds is 5. The monoisotopic (exact) mass is 351 g/mol. The van der Waals surface area contributed by atoms with E-state index in [1.54, 1.807) is 29.2 Å². The van der Waals surface area contributed by atoms with Crippen LogP contribution in [0.3, 0.4) is 0 Å². The number of nitrogens with zero attached hydrogens (tertiary/aromatic N) is 1. The fraction of sp³-hybridized carbons (Fsp3) is 0.250. The lowest BCUT2D eigenvalue weighted by Crippen LogP contribution is -2.28. The summed E-state index contributed by atoms with van der Waals surface area (Å²) in [5.74, 6) is -0.790. The van der Waals surface area contributed by atoms with Crippen LogP contribution in [-0.4, -0.2) is 30.8 Å². The van der Waals surface area contributed by atoms with Gasteiger partial charge in [0.1, 0.15) is 0 Å². The Hall–Kier alpha value is -3.15. The number of hydrogen-bond acceptors (Lipinski definition) is 3. The Kier molecular flexibility index (Phi) is 5.31. The predicted octanol–water partition coefficient (Wildman–Crippen LogP) is 2.43. The molecule has 1 atom stereocenters. The molecule has 0 radical (unpaired) electrons. The van der Waals surface area contributed by atoms with Crippen LogP contribution in [0.5, 0.6) is 0 Å². The van der Waals surface area contributed by atoms with Crippen molar-refractivity contribution >= 4 is 29.1 Å². The summed E-state index contributed by atoms with van der Waals surface area (Å²) >= 11 is 0. The maximum atomic E-state index is 12.5. The molecule has 0 aromatic heterocycles. The van der Waals surface area contributed by atoms with Gasteiger partial charge in [-0.15, -0.1) is 0 Å². The molecule has 6 nitrogen and oxygen atoms in total. The molecule has 2 N–H and O–H groups in total. The van der Waals surface area contributed by atoms with Crippen LogP contribution in [0.4, 0.5) is 11.4 Å². The lowest BCUT2D eigenvalue weighted by molar-refractivity contribution is -0.122. The van der Waals surface area contributed by atoms with E-state index in [-0.39, 0.29) is 24.1 Å². The first-order valence-corrected chi connectivity index (χ1v) is 8.63. The average molecular weight is 351 g/mol. The molecule has 0 bridgehead atoms. The fourth-order valence-electron chi connectivity index (χ4n) is 2.95. The summed E-state index contributed by atoms with van der Waals surface area (Å²) in [6.07, 6.45) is 0.192. The number of amides is 3. The number of nitrogens with one attached hydrogen (secondary N) is 2. The number of carbonyl (C=O) groups is 3. The largest absolute Gasteiger partial charge is 0.352 e. The second-order valence-electron chi connectivity index (χ2n) is 6.17. The molecule has 134 valence electrons. The minimum atomic E-state index is -0.397. The van der Waals surface area contributed by atoms with Crippen molar-refractivity contribution < 1.29 is 14.4 Å². The molecule has 0 spiro atoms. The summed E-state index contributed by atoms with van der Waals surface area (Å²) in [6, 6.07) is 16.0. The summed E-state index contributed by atoms with van der Waals surface area (Å²) in [7, 11) is 0. The van der Waals surface area contributed by atoms with Gasteiger partial charge in [0.15, 0.2) is 0 Å². The highest BCUT2D eigenvalue weighted by molar-refractivity contribution is 6.03. The van der Waals surface area contributed by atoms with Gasteiger partial charge >= 0.3 is 0 Å². The van der Waals surface area contributed by atoms with E-state index in [9.17, 15) is 14.4 Å². The zero-order valence-electron chi connectivity index (χ0n) is 14.6. The Bertz CT molecular complexity index is 803. The van der Waals surface area contributed by atoms with Gasteiger partial charge in [-0.1, -0.05) is 18.2 Å². The van der Waals surface area contributed by atoms with Crippen molar-refractivity contribution in [1.29, 1.82) is 0 Å². The quantitative estimate of drug-likeness (QED) is 0.868. The first-order valence-electron chi connectivity index (χ1n) is 8.63. The van der Waals surface area contributed by atoms with E-state index >= 15 is 0 Å². The smallest absolute Gasteiger partial charge is 0.251 e. The van der Waals surface area contributed by atoms with Gasteiger partial charge in [-0.25, -0.2) is 0 Å². The number of benzene rings is 2. The Balaban J connectivity index is 1.62. The molecule has 6 heteroatoms. The Morgan fingerprint density at radius 3 is 2.42 bits per heavy atom. The molecule has 1 aliphatic rings. The van der Waals surface area contributed by atoms with Crippen LogP contribution in [0.1, 0.15) is 23.7 Å². The molecule has 2 aromatic rings. The molecule has 1 heterocycles. The van der Waals surface area contributed by atoms with Crippen molar-refractivity contribution in [2.75, 3.05) is 23.3 Å². The van der Waals surface area contributed by atoms with Crippen LogP contribution < -0.4 is 15.5 Å². The molecular formula is C20H21N3O3. The van der Waals surface area contributed by atoms with Crippen LogP contribution >= 0.6 is 0 Å². The zero-order valence-corrected chi connectivity index (χ0v) is 14.6. The van der Waals surface area contributed by atoms with Crippen LogP contribution in [0, 0.1) is 5.92 Å². The second kappa shape index (κ2) is 7.82. The van der Waals surface area contributed by atoms with Crippen molar-refractivity contribution in [2.45, 2.75) is 13.3 Å². The second-order valence-corrected chi connectivity index (χ2v) is 6.17. The van der Waals surface area contributed by atoms with E-state index in [0.717, 1.165) is 5.69 Å². The maximum absolute atomic E-state index is 12.5. The lowest BCUT2D eigenvalue weighted by atomic mass is 10.1. The third kappa shape index (κ3) is 3.91. The van der Waals surface area contributed by atoms with Gasteiger partial charge < -0.3 is 15.5 Å². The third-order valence-corrected chi connectivity index (χ3v) is 4.32. The Labute approximate surface area is 152 Å². The molecule has 1 saturated heterocycles. The summed E-state index contributed by atoms with van der Waals surface area (Å²) in [6.45, 7) is 2.78. The highest BCUT2D eigenvalue weighted by Crippen LogP contribution is 2.25. The van der Waals surface area contributed by atoms with E-state index in [0.29, 0.717) is 24.3 Å². The first-order chi connectivity index (χ1) is 12.6. The number of hydrogen-bond donors (Lipinski definition) is 2. The van der Waals surface area contributed by atoms with E-state index in [4.69, 9.17) is 0 Å². The van der Waals surface area contributed by atoms with Crippen LogP contribution in [0.15, 0.2) is 54.6 Å². The van der Waals surface area contributed by atoms with Gasteiger partial charge in [-0.05, 0) is 43.3 Å². The number of anilines is 2. The fourth-order valence-corrected chi connectivity index (χ4v) is 2.95. The molecule has 1 unspecified atom stereocenters. The molecule has 0 saturated carbocycles. The lowest BCUT2D eigenvalue weighted by Gasteiger charge is -2.16. The summed E-state index contributed by atoms with van der Waals surface area (Å²) in [5, 5.41) is 5.55. The van der Waals surface area contributed by atoms with E-state index in [1.165, 1.54) is 0 Å². The standard InChI is InChI=1S/C20H21N3O3/c1-2-21-19(25)14-8-10-16(11-9-14)22-20(26)15-12-18(24)23(13-15)17-6-4-3-5-7-17/h3-11,15H,2,12-13H2,1H3,(H,21,25)(H,22,26). The van der Waals surface area contributed by atoms with E-state index < -0.39 is 5.92 Å². The van der Waals surface area contributed by atoms with Gasteiger partial charge in [-0.3, -0.25) is 14.4 Å². The maximum Gasteiger partial charge on any atom is 0.251 e. The predicted molar refractivity (Wildman–Crippen MR) is 100.0 cm³/mol. The summed E-state index contributed by atoms with van der Waals surface area (Å²) in [5.41, 5.74) is 1.95. The van der Waals surface area contributed by atoms with Crippen molar-refractivity contribution in [2.24, 2.45) is 5.92 Å².